The Kier molecular flexibility index (Phi) is 5.82. The molecule has 0 amide bonds. The molecule has 0 bridgehead atoms. The second kappa shape index (κ2) is 7.84. The molecule has 0 saturated heterocycles. The van der Waals surface area contributed by atoms with E-state index in [-0.39, 0.29) is 0 Å². The molecule has 0 aromatic heterocycles. The zero-order valence-corrected chi connectivity index (χ0v) is 13.2. The van der Waals surface area contributed by atoms with Crippen LogP contribution in [0.1, 0.15) is 37.4 Å². The van der Waals surface area contributed by atoms with Crippen LogP contribution in [0.25, 0.3) is 0 Å². The van der Waals surface area contributed by atoms with Gasteiger partial charge in [-0.1, -0.05) is 42.5 Å². The number of hydrogen-bond donors (Lipinski definition) is 1. The van der Waals surface area contributed by atoms with Gasteiger partial charge in [-0.05, 0) is 49.9 Å². The molecule has 0 aliphatic heterocycles. The van der Waals surface area contributed by atoms with Crippen LogP contribution in [0.15, 0.2) is 54.6 Å². The first-order chi connectivity index (χ1) is 10.2. The Morgan fingerprint density at radius 1 is 0.952 bits per heavy atom. The topological polar surface area (TPSA) is 21.3 Å². The van der Waals surface area contributed by atoms with Crippen molar-refractivity contribution in [1.82, 2.24) is 5.32 Å². The van der Waals surface area contributed by atoms with Crippen LogP contribution in [0.2, 0.25) is 0 Å². The van der Waals surface area contributed by atoms with Crippen molar-refractivity contribution in [2.75, 3.05) is 7.11 Å². The highest BCUT2D eigenvalue weighted by atomic mass is 16.5. The fourth-order valence-corrected chi connectivity index (χ4v) is 2.52. The van der Waals surface area contributed by atoms with Gasteiger partial charge in [0.2, 0.25) is 0 Å². The SMILES string of the molecule is COc1ccc(CCC(C)N[C@@H](C)c2ccccc2)cc1. The molecule has 2 nitrogen and oxygen atoms in total. The molecule has 2 atom stereocenters. The lowest BCUT2D eigenvalue weighted by Gasteiger charge is -2.20. The fourth-order valence-electron chi connectivity index (χ4n) is 2.52. The largest absolute Gasteiger partial charge is 0.497 e. The molecule has 1 N–H and O–H groups in total. The van der Waals surface area contributed by atoms with Gasteiger partial charge < -0.3 is 10.1 Å². The van der Waals surface area contributed by atoms with E-state index < -0.39 is 0 Å². The highest BCUT2D eigenvalue weighted by Gasteiger charge is 2.09. The van der Waals surface area contributed by atoms with Gasteiger partial charge in [-0.25, -0.2) is 0 Å². The van der Waals surface area contributed by atoms with Crippen molar-refractivity contribution >= 4 is 0 Å². The van der Waals surface area contributed by atoms with Crippen molar-refractivity contribution in [1.29, 1.82) is 0 Å². The van der Waals surface area contributed by atoms with Crippen molar-refractivity contribution < 1.29 is 4.74 Å². The van der Waals surface area contributed by atoms with Gasteiger partial charge in [-0.15, -0.1) is 0 Å². The Morgan fingerprint density at radius 2 is 1.62 bits per heavy atom. The summed E-state index contributed by atoms with van der Waals surface area (Å²) in [6, 6.07) is 19.8. The normalized spacial score (nSPS) is 13.7. The number of benzene rings is 2. The van der Waals surface area contributed by atoms with Crippen LogP contribution in [0.4, 0.5) is 0 Å². The average Bonchev–Trinajstić information content (AvgIpc) is 2.54. The zero-order chi connectivity index (χ0) is 15.1. The maximum Gasteiger partial charge on any atom is 0.118 e. The molecule has 0 fully saturated rings. The second-order valence-electron chi connectivity index (χ2n) is 5.59. The van der Waals surface area contributed by atoms with E-state index in [0.29, 0.717) is 12.1 Å². The van der Waals surface area contributed by atoms with E-state index in [9.17, 15) is 0 Å². The smallest absolute Gasteiger partial charge is 0.118 e. The van der Waals surface area contributed by atoms with Crippen molar-refractivity contribution in [2.24, 2.45) is 0 Å². The summed E-state index contributed by atoms with van der Waals surface area (Å²) in [5.41, 5.74) is 2.70. The Morgan fingerprint density at radius 3 is 2.24 bits per heavy atom. The van der Waals surface area contributed by atoms with E-state index in [1.807, 2.05) is 12.1 Å². The molecule has 0 aliphatic rings. The third kappa shape index (κ3) is 4.91. The number of hydrogen-bond acceptors (Lipinski definition) is 2. The third-order valence-corrected chi connectivity index (χ3v) is 3.86. The van der Waals surface area contributed by atoms with Gasteiger partial charge in [0.25, 0.3) is 0 Å². The minimum Gasteiger partial charge on any atom is -0.497 e. The van der Waals surface area contributed by atoms with E-state index in [2.05, 4.69) is 61.6 Å². The molecule has 0 aliphatic carbocycles. The third-order valence-electron chi connectivity index (χ3n) is 3.86. The monoisotopic (exact) mass is 283 g/mol. The number of methoxy groups -OCH3 is 1. The maximum absolute atomic E-state index is 5.18. The molecule has 2 aromatic rings. The molecule has 2 rings (SSSR count). The minimum absolute atomic E-state index is 0.386. The first-order valence-electron chi connectivity index (χ1n) is 7.63. The van der Waals surface area contributed by atoms with Crippen molar-refractivity contribution in [2.45, 2.75) is 38.8 Å². The molecule has 0 heterocycles. The molecule has 2 heteroatoms. The summed E-state index contributed by atoms with van der Waals surface area (Å²) in [6.07, 6.45) is 2.21. The van der Waals surface area contributed by atoms with Gasteiger partial charge in [-0.2, -0.15) is 0 Å². The predicted octanol–water partition coefficient (Wildman–Crippen LogP) is 4.37. The van der Waals surface area contributed by atoms with Crippen LogP contribution >= 0.6 is 0 Å². The predicted molar refractivity (Wildman–Crippen MR) is 88.8 cm³/mol. The first kappa shape index (κ1) is 15.6. The fraction of sp³-hybridized carbons (Fsp3) is 0.368. The van der Waals surface area contributed by atoms with Gasteiger partial charge in [0.15, 0.2) is 0 Å². The average molecular weight is 283 g/mol. The molecule has 0 spiro atoms. The Hall–Kier alpha value is -1.80. The summed E-state index contributed by atoms with van der Waals surface area (Å²) in [4.78, 5) is 0. The molecule has 0 saturated carbocycles. The van der Waals surface area contributed by atoms with E-state index in [1.165, 1.54) is 11.1 Å². The molecule has 21 heavy (non-hydrogen) atoms. The summed E-state index contributed by atoms with van der Waals surface area (Å²) in [6.45, 7) is 4.47. The molecule has 1 unspecified atom stereocenters. The molecule has 0 radical (unpaired) electrons. The molecular weight excluding hydrogens is 258 g/mol. The molecule has 112 valence electrons. The Balaban J connectivity index is 1.80. The zero-order valence-electron chi connectivity index (χ0n) is 13.2. The minimum atomic E-state index is 0.386. The van der Waals surface area contributed by atoms with E-state index >= 15 is 0 Å². The highest BCUT2D eigenvalue weighted by Crippen LogP contribution is 2.15. The molecular formula is C19H25NO. The quantitative estimate of drug-likeness (QED) is 0.815. The van der Waals surface area contributed by atoms with Crippen molar-refractivity contribution in [3.05, 3.63) is 65.7 Å². The lowest BCUT2D eigenvalue weighted by molar-refractivity contribution is 0.414. The van der Waals surface area contributed by atoms with Gasteiger partial charge in [0, 0.05) is 12.1 Å². The van der Waals surface area contributed by atoms with Crippen LogP contribution in [0.3, 0.4) is 0 Å². The van der Waals surface area contributed by atoms with Crippen LogP contribution in [-0.2, 0) is 6.42 Å². The maximum atomic E-state index is 5.18. The van der Waals surface area contributed by atoms with Gasteiger partial charge in [-0.3, -0.25) is 0 Å². The highest BCUT2D eigenvalue weighted by molar-refractivity contribution is 5.27. The number of rotatable bonds is 7. The lowest BCUT2D eigenvalue weighted by atomic mass is 10.0. The number of aryl methyl sites for hydroxylation is 1. The summed E-state index contributed by atoms with van der Waals surface area (Å²) in [7, 11) is 1.70. The van der Waals surface area contributed by atoms with E-state index in [1.54, 1.807) is 7.11 Å². The summed E-state index contributed by atoms with van der Waals surface area (Å²) >= 11 is 0. The van der Waals surface area contributed by atoms with Crippen molar-refractivity contribution in [3.63, 3.8) is 0 Å². The van der Waals surface area contributed by atoms with Crippen molar-refractivity contribution in [3.8, 4) is 5.75 Å². The summed E-state index contributed by atoms with van der Waals surface area (Å²) in [5.74, 6) is 0.919. The summed E-state index contributed by atoms with van der Waals surface area (Å²) in [5, 5.41) is 3.66. The summed E-state index contributed by atoms with van der Waals surface area (Å²) < 4.78 is 5.18. The van der Waals surface area contributed by atoms with Crippen LogP contribution in [-0.4, -0.2) is 13.2 Å². The van der Waals surface area contributed by atoms with Crippen LogP contribution in [0.5, 0.6) is 5.75 Å². The number of nitrogens with one attached hydrogen (secondary N) is 1. The standard InChI is InChI=1S/C19H25NO/c1-15(20-16(2)18-7-5-4-6-8-18)9-10-17-11-13-19(21-3)14-12-17/h4-8,11-16,20H,9-10H2,1-3H3/t15?,16-/m0/s1. The van der Waals surface area contributed by atoms with Gasteiger partial charge >= 0.3 is 0 Å². The van der Waals surface area contributed by atoms with E-state index in [4.69, 9.17) is 4.74 Å². The lowest BCUT2D eigenvalue weighted by Crippen LogP contribution is -2.29. The van der Waals surface area contributed by atoms with Crippen LogP contribution < -0.4 is 10.1 Å². The number of ether oxygens (including phenoxy) is 1. The van der Waals surface area contributed by atoms with E-state index in [0.717, 1.165) is 18.6 Å². The Labute approximate surface area is 128 Å². The Bertz CT molecular complexity index is 521. The van der Waals surface area contributed by atoms with Gasteiger partial charge in [0.1, 0.15) is 5.75 Å². The second-order valence-corrected chi connectivity index (χ2v) is 5.59. The molecule has 2 aromatic carbocycles. The van der Waals surface area contributed by atoms with Crippen LogP contribution in [0, 0.1) is 0 Å². The van der Waals surface area contributed by atoms with Gasteiger partial charge in [0.05, 0.1) is 7.11 Å². The first-order valence-corrected chi connectivity index (χ1v) is 7.63.